The van der Waals surface area contributed by atoms with Crippen LogP contribution in [0.4, 0.5) is 0 Å². The van der Waals surface area contributed by atoms with Gasteiger partial charge in [-0.1, -0.05) is 27.7 Å². The summed E-state index contributed by atoms with van der Waals surface area (Å²) in [4.78, 5) is 0. The van der Waals surface area contributed by atoms with Crippen LogP contribution < -0.4 is 5.32 Å². The zero-order valence-electron chi connectivity index (χ0n) is 11.7. The molecule has 0 radical (unpaired) electrons. The fraction of sp³-hybridized carbons (Fsp3) is 0.714. The zero-order chi connectivity index (χ0) is 12.8. The van der Waals surface area contributed by atoms with Crippen LogP contribution in [0.5, 0.6) is 0 Å². The molecule has 0 atom stereocenters. The Morgan fingerprint density at radius 2 is 2.00 bits per heavy atom. The van der Waals surface area contributed by atoms with E-state index in [9.17, 15) is 0 Å². The zero-order valence-corrected chi connectivity index (χ0v) is 11.7. The quantitative estimate of drug-likeness (QED) is 0.793. The second-order valence-corrected chi connectivity index (χ2v) is 5.26. The highest BCUT2D eigenvalue weighted by atomic mass is 16.5. The summed E-state index contributed by atoms with van der Waals surface area (Å²) in [7, 11) is 0. The predicted octanol–water partition coefficient (Wildman–Crippen LogP) is 3.26. The number of nitrogens with one attached hydrogen (secondary N) is 1. The fourth-order valence-corrected chi connectivity index (χ4v) is 1.53. The molecule has 17 heavy (non-hydrogen) atoms. The number of aryl methyl sites for hydroxylation is 1. The lowest BCUT2D eigenvalue weighted by Gasteiger charge is -2.06. The summed E-state index contributed by atoms with van der Waals surface area (Å²) in [6, 6.07) is 2.54. The van der Waals surface area contributed by atoms with Crippen molar-refractivity contribution >= 4 is 0 Å². The van der Waals surface area contributed by atoms with Gasteiger partial charge in [-0.15, -0.1) is 0 Å². The molecule has 1 N–H and O–H groups in total. The molecule has 98 valence electrons. The molecule has 0 fully saturated rings. The summed E-state index contributed by atoms with van der Waals surface area (Å²) >= 11 is 0. The van der Waals surface area contributed by atoms with Crippen LogP contribution >= 0.6 is 0 Å². The lowest BCUT2D eigenvalue weighted by molar-refractivity contribution is 0.0837. The Kier molecular flexibility index (Phi) is 5.72. The van der Waals surface area contributed by atoms with Crippen molar-refractivity contribution < 1.29 is 9.15 Å². The van der Waals surface area contributed by atoms with E-state index in [1.54, 1.807) is 0 Å². The van der Waals surface area contributed by atoms with Crippen LogP contribution in [-0.4, -0.2) is 12.6 Å². The van der Waals surface area contributed by atoms with E-state index in [0.29, 0.717) is 18.6 Å². The van der Waals surface area contributed by atoms with Crippen LogP contribution in [0.2, 0.25) is 0 Å². The minimum atomic E-state index is 0.472. The van der Waals surface area contributed by atoms with Crippen LogP contribution in [0.25, 0.3) is 0 Å². The summed E-state index contributed by atoms with van der Waals surface area (Å²) in [6.45, 7) is 12.8. The molecule has 0 aliphatic rings. The summed E-state index contributed by atoms with van der Waals surface area (Å²) in [6.07, 6.45) is 0. The summed E-state index contributed by atoms with van der Waals surface area (Å²) in [5, 5.41) is 3.36. The van der Waals surface area contributed by atoms with Gasteiger partial charge < -0.3 is 14.5 Å². The molecule has 1 aromatic heterocycles. The lowest BCUT2D eigenvalue weighted by atomic mass is 10.2. The van der Waals surface area contributed by atoms with E-state index >= 15 is 0 Å². The van der Waals surface area contributed by atoms with Crippen LogP contribution in [0.3, 0.4) is 0 Å². The average Bonchev–Trinajstić information content (AvgIpc) is 2.55. The molecule has 1 heterocycles. The smallest absolute Gasteiger partial charge is 0.130 e. The topological polar surface area (TPSA) is 34.4 Å². The second kappa shape index (κ2) is 6.82. The van der Waals surface area contributed by atoms with Crippen molar-refractivity contribution in [2.45, 2.75) is 53.8 Å². The van der Waals surface area contributed by atoms with Crippen LogP contribution in [0.1, 0.15) is 44.8 Å². The van der Waals surface area contributed by atoms with E-state index in [1.165, 1.54) is 5.56 Å². The fourth-order valence-electron chi connectivity index (χ4n) is 1.53. The molecule has 0 saturated carbocycles. The Morgan fingerprint density at radius 3 is 2.59 bits per heavy atom. The van der Waals surface area contributed by atoms with Crippen molar-refractivity contribution in [1.29, 1.82) is 0 Å². The Hall–Kier alpha value is -0.800. The van der Waals surface area contributed by atoms with Gasteiger partial charge in [0.2, 0.25) is 0 Å². The standard InChI is InChI=1S/C14H25NO2/c1-10(2)8-16-9-13-6-12(5)14(17-13)7-15-11(3)4/h6,10-11,15H,7-9H2,1-5H3. The van der Waals surface area contributed by atoms with Crippen molar-refractivity contribution in [1.82, 2.24) is 5.32 Å². The van der Waals surface area contributed by atoms with Crippen molar-refractivity contribution in [3.05, 3.63) is 23.2 Å². The SMILES string of the molecule is Cc1cc(COCC(C)C)oc1CNC(C)C. The van der Waals surface area contributed by atoms with E-state index in [4.69, 9.17) is 9.15 Å². The Balaban J connectivity index is 2.44. The maximum atomic E-state index is 5.76. The van der Waals surface area contributed by atoms with Gasteiger partial charge in [0, 0.05) is 12.6 Å². The molecular formula is C14H25NO2. The van der Waals surface area contributed by atoms with Gasteiger partial charge in [-0.05, 0) is 24.5 Å². The third kappa shape index (κ3) is 5.37. The summed E-state index contributed by atoms with van der Waals surface area (Å²) < 4.78 is 11.3. The molecular weight excluding hydrogens is 214 g/mol. The summed E-state index contributed by atoms with van der Waals surface area (Å²) in [5.41, 5.74) is 1.20. The Labute approximate surface area is 105 Å². The number of hydrogen-bond acceptors (Lipinski definition) is 3. The van der Waals surface area contributed by atoms with Crippen LogP contribution in [-0.2, 0) is 17.9 Å². The van der Waals surface area contributed by atoms with Crippen LogP contribution in [0.15, 0.2) is 10.5 Å². The number of ether oxygens (including phenoxy) is 1. The number of hydrogen-bond donors (Lipinski definition) is 1. The summed E-state index contributed by atoms with van der Waals surface area (Å²) in [5.74, 6) is 2.50. The largest absolute Gasteiger partial charge is 0.462 e. The van der Waals surface area contributed by atoms with E-state index in [0.717, 1.165) is 24.7 Å². The number of furan rings is 1. The van der Waals surface area contributed by atoms with Crippen molar-refractivity contribution in [3.8, 4) is 0 Å². The molecule has 3 heteroatoms. The Bertz CT molecular complexity index is 329. The first-order chi connectivity index (χ1) is 7.99. The van der Waals surface area contributed by atoms with Crippen molar-refractivity contribution in [2.24, 2.45) is 5.92 Å². The highest BCUT2D eigenvalue weighted by Gasteiger charge is 2.08. The molecule has 0 bridgehead atoms. The van der Waals surface area contributed by atoms with Gasteiger partial charge in [-0.25, -0.2) is 0 Å². The maximum absolute atomic E-state index is 5.76. The van der Waals surface area contributed by atoms with Crippen molar-refractivity contribution in [3.63, 3.8) is 0 Å². The normalized spacial score (nSPS) is 11.7. The highest BCUT2D eigenvalue weighted by molar-refractivity contribution is 5.19. The predicted molar refractivity (Wildman–Crippen MR) is 69.9 cm³/mol. The molecule has 1 rings (SSSR count). The molecule has 0 amide bonds. The first kappa shape index (κ1) is 14.3. The minimum Gasteiger partial charge on any atom is -0.462 e. The molecule has 0 spiro atoms. The highest BCUT2D eigenvalue weighted by Crippen LogP contribution is 2.15. The second-order valence-electron chi connectivity index (χ2n) is 5.26. The maximum Gasteiger partial charge on any atom is 0.130 e. The van der Waals surface area contributed by atoms with Gasteiger partial charge in [0.25, 0.3) is 0 Å². The first-order valence-electron chi connectivity index (χ1n) is 6.38. The van der Waals surface area contributed by atoms with Crippen LogP contribution in [0, 0.1) is 12.8 Å². The third-order valence-electron chi connectivity index (χ3n) is 2.44. The molecule has 1 aromatic rings. The van der Waals surface area contributed by atoms with E-state index in [1.807, 2.05) is 0 Å². The van der Waals surface area contributed by atoms with Gasteiger partial charge in [0.05, 0.1) is 6.54 Å². The molecule has 0 unspecified atom stereocenters. The Morgan fingerprint density at radius 1 is 1.29 bits per heavy atom. The van der Waals surface area contributed by atoms with E-state index in [2.05, 4.69) is 46.0 Å². The first-order valence-corrected chi connectivity index (χ1v) is 6.38. The van der Waals surface area contributed by atoms with Gasteiger partial charge in [-0.2, -0.15) is 0 Å². The lowest BCUT2D eigenvalue weighted by Crippen LogP contribution is -2.21. The van der Waals surface area contributed by atoms with Gasteiger partial charge in [0.1, 0.15) is 18.1 Å². The third-order valence-corrected chi connectivity index (χ3v) is 2.44. The van der Waals surface area contributed by atoms with Crippen molar-refractivity contribution in [2.75, 3.05) is 6.61 Å². The molecule has 0 saturated heterocycles. The minimum absolute atomic E-state index is 0.472. The monoisotopic (exact) mass is 239 g/mol. The van der Waals surface area contributed by atoms with Gasteiger partial charge >= 0.3 is 0 Å². The average molecular weight is 239 g/mol. The number of rotatable bonds is 7. The molecule has 3 nitrogen and oxygen atoms in total. The van der Waals surface area contributed by atoms with E-state index < -0.39 is 0 Å². The molecule has 0 aliphatic carbocycles. The van der Waals surface area contributed by atoms with Gasteiger partial charge in [0.15, 0.2) is 0 Å². The van der Waals surface area contributed by atoms with Gasteiger partial charge in [-0.3, -0.25) is 0 Å². The van der Waals surface area contributed by atoms with E-state index in [-0.39, 0.29) is 0 Å². The molecule has 0 aliphatic heterocycles. The molecule has 0 aromatic carbocycles.